The van der Waals surface area contributed by atoms with Crippen molar-refractivity contribution >= 4 is 11.2 Å². The van der Waals surface area contributed by atoms with Crippen LogP contribution in [0.25, 0.3) is 0 Å². The van der Waals surface area contributed by atoms with Gasteiger partial charge in [-0.2, -0.15) is 0 Å². The molecule has 0 fully saturated rings. The lowest BCUT2D eigenvalue weighted by molar-refractivity contribution is 0.108. The highest BCUT2D eigenvalue weighted by Crippen LogP contribution is 2.29. The van der Waals surface area contributed by atoms with Crippen LogP contribution in [0.3, 0.4) is 0 Å². The molecular weight excluding hydrogens is 292 g/mol. The van der Waals surface area contributed by atoms with Crippen molar-refractivity contribution in [3.8, 4) is 0 Å². The second-order valence-electron chi connectivity index (χ2n) is 5.61. The minimum absolute atomic E-state index is 0.235. The van der Waals surface area contributed by atoms with Crippen molar-refractivity contribution in [1.29, 1.82) is 0 Å². The third kappa shape index (κ3) is 3.50. The van der Waals surface area contributed by atoms with Crippen LogP contribution in [-0.2, 0) is 15.9 Å². The molecule has 2 aliphatic heterocycles. The van der Waals surface area contributed by atoms with Crippen LogP contribution in [0.5, 0.6) is 0 Å². The van der Waals surface area contributed by atoms with E-state index in [1.165, 1.54) is 0 Å². The lowest BCUT2D eigenvalue weighted by Gasteiger charge is -2.40. The molecule has 3 unspecified atom stereocenters. The Balaban J connectivity index is 1.98. The summed E-state index contributed by atoms with van der Waals surface area (Å²) in [4.78, 5) is 0. The molecule has 0 radical (unpaired) electrons. The molecule has 0 bridgehead atoms. The van der Waals surface area contributed by atoms with Crippen LogP contribution in [0, 0.1) is 5.21 Å². The summed E-state index contributed by atoms with van der Waals surface area (Å²) in [7, 11) is 3.51. The average molecular weight is 317 g/mol. The van der Waals surface area contributed by atoms with Crippen molar-refractivity contribution in [1.82, 2.24) is 19.0 Å². The van der Waals surface area contributed by atoms with Gasteiger partial charge in [0, 0.05) is 20.7 Å². The molecule has 8 heteroatoms. The predicted octanol–water partition coefficient (Wildman–Crippen LogP) is 0.936. The van der Waals surface area contributed by atoms with E-state index in [0.29, 0.717) is 18.9 Å². The number of hydroxylamine groups is 2. The Hall–Kier alpha value is -0.830. The predicted molar refractivity (Wildman–Crippen MR) is 82.6 cm³/mol. The quantitative estimate of drug-likeness (QED) is 0.738. The molecule has 0 aromatic heterocycles. The first-order chi connectivity index (χ1) is 9.95. The third-order valence-electron chi connectivity index (χ3n) is 3.91. The first-order valence-corrected chi connectivity index (χ1v) is 8.41. The molecule has 1 N–H and O–H groups in total. The zero-order valence-corrected chi connectivity index (χ0v) is 14.0. The van der Waals surface area contributed by atoms with E-state index in [0.717, 1.165) is 30.0 Å². The van der Waals surface area contributed by atoms with Crippen LogP contribution in [0.1, 0.15) is 33.1 Å². The fourth-order valence-corrected chi connectivity index (χ4v) is 3.78. The molecular formula is C13H25N4O3S-. The molecule has 0 saturated carbocycles. The van der Waals surface area contributed by atoms with Gasteiger partial charge in [0.1, 0.15) is 5.82 Å². The Morgan fingerprint density at radius 2 is 2.24 bits per heavy atom. The van der Waals surface area contributed by atoms with Gasteiger partial charge in [-0.1, -0.05) is 0 Å². The summed E-state index contributed by atoms with van der Waals surface area (Å²) >= 11 is -1.29. The second-order valence-corrected chi connectivity index (χ2v) is 7.13. The van der Waals surface area contributed by atoms with E-state index in [1.54, 1.807) is 22.8 Å². The Labute approximate surface area is 129 Å². The largest absolute Gasteiger partial charge is 0.756 e. The molecule has 0 saturated heterocycles. The summed E-state index contributed by atoms with van der Waals surface area (Å²) in [6.45, 7) is 4.98. The number of nitrogens with one attached hydrogen (secondary N) is 1. The monoisotopic (exact) mass is 317 g/mol. The Kier molecular flexibility index (Phi) is 5.48. The van der Waals surface area contributed by atoms with E-state index < -0.39 is 11.2 Å². The van der Waals surface area contributed by atoms with Crippen molar-refractivity contribution < 1.29 is 8.95 Å². The number of methoxy groups -OCH3 is 1. The number of hydrogen-bond donors (Lipinski definition) is 1. The molecule has 2 heterocycles. The van der Waals surface area contributed by atoms with Crippen LogP contribution >= 0.6 is 0 Å². The molecule has 0 amide bonds. The highest BCUT2D eigenvalue weighted by molar-refractivity contribution is 7.80. The molecule has 0 aliphatic carbocycles. The van der Waals surface area contributed by atoms with Gasteiger partial charge in [-0.15, -0.1) is 0 Å². The highest BCUT2D eigenvalue weighted by atomic mass is 32.2. The second kappa shape index (κ2) is 6.95. The fraction of sp³-hybridized carbons (Fsp3) is 0.846. The lowest BCUT2D eigenvalue weighted by Crippen LogP contribution is -2.45. The van der Waals surface area contributed by atoms with Crippen molar-refractivity contribution in [2.24, 2.45) is 0 Å². The summed E-state index contributed by atoms with van der Waals surface area (Å²) in [5.41, 5.74) is 0.866. The summed E-state index contributed by atoms with van der Waals surface area (Å²) in [6, 6.07) is 0. The minimum atomic E-state index is -1.29. The maximum atomic E-state index is 12.4. The minimum Gasteiger partial charge on any atom is -0.756 e. The maximum Gasteiger partial charge on any atom is 0.200 e. The molecule has 2 aliphatic rings. The van der Waals surface area contributed by atoms with Crippen LogP contribution in [0.2, 0.25) is 0 Å². The Bertz CT molecular complexity index is 432. The summed E-state index contributed by atoms with van der Waals surface area (Å²) in [6.07, 6.45) is 2.77. The lowest BCUT2D eigenvalue weighted by atomic mass is 10.2. The van der Waals surface area contributed by atoms with Crippen molar-refractivity contribution in [2.75, 3.05) is 27.2 Å². The maximum absolute atomic E-state index is 12.4. The number of unbranched alkanes of at least 4 members (excludes halogenated alkanes) is 1. The molecule has 122 valence electrons. The van der Waals surface area contributed by atoms with Crippen LogP contribution < -0.4 is 5.32 Å². The van der Waals surface area contributed by atoms with Crippen LogP contribution in [0.4, 0.5) is 0 Å². The standard InChI is InChI=1S/C13H25N4O3S/c1-10(20-4)7-5-6-8-16-13-12(9-15(3)21(16)19)14-11(2)17(13)18/h10-11,14H,5-9H2,1-4H3/q-1. The van der Waals surface area contributed by atoms with Gasteiger partial charge in [0.25, 0.3) is 0 Å². The van der Waals surface area contributed by atoms with Crippen molar-refractivity contribution in [3.63, 3.8) is 0 Å². The fourth-order valence-electron chi connectivity index (χ4n) is 2.58. The molecule has 7 nitrogen and oxygen atoms in total. The molecule has 2 rings (SSSR count). The Morgan fingerprint density at radius 3 is 2.90 bits per heavy atom. The zero-order valence-electron chi connectivity index (χ0n) is 13.2. The number of rotatable bonds is 6. The van der Waals surface area contributed by atoms with Crippen molar-refractivity contribution in [3.05, 3.63) is 16.7 Å². The van der Waals surface area contributed by atoms with Crippen LogP contribution in [-0.4, -0.2) is 57.4 Å². The smallest absolute Gasteiger partial charge is 0.200 e. The molecule has 3 atom stereocenters. The van der Waals surface area contributed by atoms with Gasteiger partial charge < -0.3 is 20.3 Å². The summed E-state index contributed by atoms with van der Waals surface area (Å²) in [5, 5.41) is 16.3. The first kappa shape index (κ1) is 16.5. The first-order valence-electron chi connectivity index (χ1n) is 7.35. The van der Waals surface area contributed by atoms with E-state index >= 15 is 0 Å². The van der Waals surface area contributed by atoms with E-state index in [1.807, 2.05) is 13.8 Å². The number of nitrogens with zero attached hydrogens (tertiary/aromatic N) is 3. The zero-order chi connectivity index (χ0) is 15.6. The molecule has 0 spiro atoms. The van der Waals surface area contributed by atoms with Gasteiger partial charge in [0.2, 0.25) is 0 Å². The Morgan fingerprint density at radius 1 is 1.52 bits per heavy atom. The topological polar surface area (TPSA) is 71.1 Å². The number of likely N-dealkylation sites (N-methyl/N-ethyl adjacent to an activating group) is 1. The van der Waals surface area contributed by atoms with E-state index in [9.17, 15) is 9.42 Å². The normalized spacial score (nSPS) is 27.9. The number of ether oxygens (including phenoxy) is 1. The molecule has 0 aromatic carbocycles. The van der Waals surface area contributed by atoms with E-state index in [4.69, 9.17) is 4.74 Å². The van der Waals surface area contributed by atoms with Gasteiger partial charge >= 0.3 is 0 Å². The van der Waals surface area contributed by atoms with Gasteiger partial charge in [-0.3, -0.25) is 4.31 Å². The third-order valence-corrected chi connectivity index (χ3v) is 5.30. The van der Waals surface area contributed by atoms with Gasteiger partial charge in [-0.05, 0) is 33.1 Å². The average Bonchev–Trinajstić information content (AvgIpc) is 2.73. The van der Waals surface area contributed by atoms with Crippen LogP contribution in [0.15, 0.2) is 11.5 Å². The molecule has 0 aromatic rings. The summed E-state index contributed by atoms with van der Waals surface area (Å²) in [5.74, 6) is 0.540. The van der Waals surface area contributed by atoms with Gasteiger partial charge in [-0.25, -0.2) is 8.51 Å². The van der Waals surface area contributed by atoms with Gasteiger partial charge in [0.05, 0.1) is 24.5 Å². The SMILES string of the molecule is COC(C)CCCCN1C2=C(CN(C)S1=O)NC(C)N2[O-]. The summed E-state index contributed by atoms with van der Waals surface area (Å²) < 4.78 is 21.1. The van der Waals surface area contributed by atoms with E-state index in [2.05, 4.69) is 5.32 Å². The highest BCUT2D eigenvalue weighted by Gasteiger charge is 2.35. The van der Waals surface area contributed by atoms with E-state index in [-0.39, 0.29) is 12.3 Å². The molecule has 21 heavy (non-hydrogen) atoms. The van der Waals surface area contributed by atoms with Crippen molar-refractivity contribution in [2.45, 2.75) is 45.4 Å². The van der Waals surface area contributed by atoms with Gasteiger partial charge in [0.15, 0.2) is 11.2 Å². The number of hydrogen-bond acceptors (Lipinski definition) is 5.